The maximum Gasteiger partial charge on any atom is 0.203 e. The van der Waals surface area contributed by atoms with Crippen LogP contribution in [0.1, 0.15) is 76.7 Å². The maximum atomic E-state index is 4.57. The van der Waals surface area contributed by atoms with Crippen molar-refractivity contribution in [1.82, 2.24) is 9.55 Å². The Bertz CT molecular complexity index is 371. The summed E-state index contributed by atoms with van der Waals surface area (Å²) in [6.45, 7) is 0. The lowest BCUT2D eigenvalue weighted by atomic mass is 9.96. The van der Waals surface area contributed by atoms with Crippen LogP contribution in [0.4, 0.5) is 5.95 Å². The molecule has 0 amide bonds. The third-order valence-electron chi connectivity index (χ3n) is 4.83. The molecule has 2 fully saturated rings. The molecule has 3 heteroatoms. The number of imidazole rings is 1. The van der Waals surface area contributed by atoms with E-state index < -0.39 is 0 Å². The van der Waals surface area contributed by atoms with E-state index in [-0.39, 0.29) is 0 Å². The molecule has 2 aliphatic rings. The molecular weight excluding hydrogens is 234 g/mol. The van der Waals surface area contributed by atoms with Gasteiger partial charge in [-0.15, -0.1) is 0 Å². The first-order valence-corrected chi connectivity index (χ1v) is 8.23. The van der Waals surface area contributed by atoms with Gasteiger partial charge in [0, 0.05) is 24.5 Å². The first kappa shape index (κ1) is 13.0. The average Bonchev–Trinajstić information content (AvgIpc) is 2.74. The highest BCUT2D eigenvalue weighted by atomic mass is 15.2. The standard InChI is InChI=1S/C16H27N3/c1-2-7-11-15(10-6-1)19-13-12-17-16(19)18-14-8-4-3-5-9-14/h12-15H,1-11H2,(H,17,18). The van der Waals surface area contributed by atoms with Crippen LogP contribution in [0, 0.1) is 0 Å². The Morgan fingerprint density at radius 1 is 0.895 bits per heavy atom. The van der Waals surface area contributed by atoms with Crippen LogP contribution in [0.25, 0.3) is 0 Å². The van der Waals surface area contributed by atoms with Gasteiger partial charge in [-0.2, -0.15) is 0 Å². The number of hydrogen-bond acceptors (Lipinski definition) is 2. The molecule has 3 rings (SSSR count). The van der Waals surface area contributed by atoms with Crippen molar-refractivity contribution < 1.29 is 0 Å². The van der Waals surface area contributed by atoms with Crippen molar-refractivity contribution in [2.45, 2.75) is 82.7 Å². The minimum atomic E-state index is 0.653. The van der Waals surface area contributed by atoms with E-state index in [2.05, 4.69) is 21.1 Å². The van der Waals surface area contributed by atoms with E-state index in [4.69, 9.17) is 0 Å². The molecule has 1 N–H and O–H groups in total. The molecule has 0 spiro atoms. The molecule has 0 saturated heterocycles. The largest absolute Gasteiger partial charge is 0.353 e. The molecule has 1 heterocycles. The zero-order chi connectivity index (χ0) is 12.9. The van der Waals surface area contributed by atoms with E-state index in [1.807, 2.05) is 6.20 Å². The summed E-state index contributed by atoms with van der Waals surface area (Å²) in [5, 5.41) is 3.70. The summed E-state index contributed by atoms with van der Waals surface area (Å²) in [7, 11) is 0. The molecule has 0 unspecified atom stereocenters. The minimum Gasteiger partial charge on any atom is -0.353 e. The van der Waals surface area contributed by atoms with Gasteiger partial charge in [0.1, 0.15) is 0 Å². The van der Waals surface area contributed by atoms with Gasteiger partial charge in [0.15, 0.2) is 0 Å². The topological polar surface area (TPSA) is 29.9 Å². The summed E-state index contributed by atoms with van der Waals surface area (Å²) < 4.78 is 2.42. The smallest absolute Gasteiger partial charge is 0.203 e. The van der Waals surface area contributed by atoms with Gasteiger partial charge in [-0.1, -0.05) is 44.9 Å². The van der Waals surface area contributed by atoms with Crippen molar-refractivity contribution in [1.29, 1.82) is 0 Å². The third-order valence-corrected chi connectivity index (χ3v) is 4.83. The summed E-state index contributed by atoms with van der Waals surface area (Å²) >= 11 is 0. The molecular formula is C16H27N3. The summed E-state index contributed by atoms with van der Waals surface area (Å²) in [6.07, 6.45) is 19.2. The number of nitrogens with one attached hydrogen (secondary N) is 1. The van der Waals surface area contributed by atoms with Crippen molar-refractivity contribution in [3.8, 4) is 0 Å². The predicted octanol–water partition coefficient (Wildman–Crippen LogP) is 4.52. The maximum absolute atomic E-state index is 4.57. The number of nitrogens with zero attached hydrogens (tertiary/aromatic N) is 2. The van der Waals surface area contributed by atoms with E-state index in [0.717, 1.165) is 5.95 Å². The Morgan fingerprint density at radius 3 is 2.26 bits per heavy atom. The number of rotatable bonds is 3. The fraction of sp³-hybridized carbons (Fsp3) is 0.812. The summed E-state index contributed by atoms with van der Waals surface area (Å²) in [5.74, 6) is 1.12. The van der Waals surface area contributed by atoms with Gasteiger partial charge in [-0.3, -0.25) is 0 Å². The van der Waals surface area contributed by atoms with Crippen molar-refractivity contribution in [3.05, 3.63) is 12.4 Å². The molecule has 1 aromatic heterocycles. The Morgan fingerprint density at radius 2 is 1.53 bits per heavy atom. The number of anilines is 1. The fourth-order valence-electron chi connectivity index (χ4n) is 3.68. The molecule has 2 aliphatic carbocycles. The second-order valence-corrected chi connectivity index (χ2v) is 6.28. The molecule has 19 heavy (non-hydrogen) atoms. The zero-order valence-corrected chi connectivity index (χ0v) is 12.0. The van der Waals surface area contributed by atoms with Crippen LogP contribution in [-0.2, 0) is 0 Å². The van der Waals surface area contributed by atoms with Crippen LogP contribution in [0.2, 0.25) is 0 Å². The van der Waals surface area contributed by atoms with Crippen molar-refractivity contribution in [2.75, 3.05) is 5.32 Å². The highest BCUT2D eigenvalue weighted by Crippen LogP contribution is 2.30. The second-order valence-electron chi connectivity index (χ2n) is 6.28. The van der Waals surface area contributed by atoms with E-state index in [9.17, 15) is 0 Å². The van der Waals surface area contributed by atoms with Crippen molar-refractivity contribution in [3.63, 3.8) is 0 Å². The lowest BCUT2D eigenvalue weighted by Gasteiger charge is -2.26. The van der Waals surface area contributed by atoms with E-state index in [0.29, 0.717) is 12.1 Å². The first-order valence-electron chi connectivity index (χ1n) is 8.23. The zero-order valence-electron chi connectivity index (χ0n) is 12.0. The summed E-state index contributed by atoms with van der Waals surface area (Å²) in [6, 6.07) is 1.33. The average molecular weight is 261 g/mol. The van der Waals surface area contributed by atoms with Crippen LogP contribution in [-0.4, -0.2) is 15.6 Å². The Labute approximate surface area is 116 Å². The molecule has 106 valence electrons. The number of hydrogen-bond donors (Lipinski definition) is 1. The fourth-order valence-corrected chi connectivity index (χ4v) is 3.68. The van der Waals surface area contributed by atoms with Crippen molar-refractivity contribution in [2.24, 2.45) is 0 Å². The predicted molar refractivity (Wildman–Crippen MR) is 79.5 cm³/mol. The van der Waals surface area contributed by atoms with Crippen molar-refractivity contribution >= 4 is 5.95 Å². The van der Waals surface area contributed by atoms with Crippen LogP contribution in [0.5, 0.6) is 0 Å². The Hall–Kier alpha value is -0.990. The van der Waals surface area contributed by atoms with Crippen LogP contribution in [0.15, 0.2) is 12.4 Å². The van der Waals surface area contributed by atoms with E-state index >= 15 is 0 Å². The monoisotopic (exact) mass is 261 g/mol. The van der Waals surface area contributed by atoms with Crippen LogP contribution >= 0.6 is 0 Å². The molecule has 2 saturated carbocycles. The van der Waals surface area contributed by atoms with Gasteiger partial charge in [-0.25, -0.2) is 4.98 Å². The van der Waals surface area contributed by atoms with Crippen LogP contribution < -0.4 is 5.32 Å². The molecule has 0 bridgehead atoms. The first-order chi connectivity index (χ1) is 9.43. The van der Waals surface area contributed by atoms with Gasteiger partial charge in [-0.05, 0) is 25.7 Å². The quantitative estimate of drug-likeness (QED) is 0.811. The molecule has 0 aliphatic heterocycles. The van der Waals surface area contributed by atoms with Gasteiger partial charge in [0.2, 0.25) is 5.95 Å². The SMILES string of the molecule is c1cn(C2CCCCCC2)c(NC2CCCCC2)n1. The Balaban J connectivity index is 1.66. The lowest BCUT2D eigenvalue weighted by Crippen LogP contribution is -2.25. The summed E-state index contributed by atoms with van der Waals surface area (Å²) in [5.41, 5.74) is 0. The molecule has 3 nitrogen and oxygen atoms in total. The third kappa shape index (κ3) is 3.31. The lowest BCUT2D eigenvalue weighted by molar-refractivity contribution is 0.432. The molecule has 0 radical (unpaired) electrons. The Kier molecular flexibility index (Phi) is 4.41. The van der Waals surface area contributed by atoms with Crippen LogP contribution in [0.3, 0.4) is 0 Å². The molecule has 0 atom stereocenters. The highest BCUT2D eigenvalue weighted by molar-refractivity contribution is 5.28. The van der Waals surface area contributed by atoms with E-state index in [1.54, 1.807) is 0 Å². The van der Waals surface area contributed by atoms with Gasteiger partial charge >= 0.3 is 0 Å². The number of aromatic nitrogens is 2. The van der Waals surface area contributed by atoms with Gasteiger partial charge in [0.05, 0.1) is 0 Å². The molecule has 0 aromatic carbocycles. The van der Waals surface area contributed by atoms with Gasteiger partial charge < -0.3 is 9.88 Å². The summed E-state index contributed by atoms with van der Waals surface area (Å²) in [4.78, 5) is 4.57. The van der Waals surface area contributed by atoms with Gasteiger partial charge in [0.25, 0.3) is 0 Å². The highest BCUT2D eigenvalue weighted by Gasteiger charge is 2.19. The normalized spacial score (nSPS) is 23.2. The molecule has 1 aromatic rings. The van der Waals surface area contributed by atoms with E-state index in [1.165, 1.54) is 70.6 Å². The second kappa shape index (κ2) is 6.44. The minimum absolute atomic E-state index is 0.653.